The van der Waals surface area contributed by atoms with Crippen molar-refractivity contribution < 1.29 is 30.3 Å². The zero-order valence-electron chi connectivity index (χ0n) is 10.4. The fourth-order valence-electron chi connectivity index (χ4n) is 1.05. The molecule has 1 aromatic carbocycles. The summed E-state index contributed by atoms with van der Waals surface area (Å²) < 4.78 is 0. The largest absolute Gasteiger partial charge is 2.00 e. The second kappa shape index (κ2) is 11.3. The van der Waals surface area contributed by atoms with Gasteiger partial charge in [-0.3, -0.25) is 4.98 Å². The SMILES string of the molecule is O=C([O-])c1cccc(C(=O)[O-])c1.[Ca+2].[OH-].c1c[nH+]ccn1. The minimum absolute atomic E-state index is 0. The summed E-state index contributed by atoms with van der Waals surface area (Å²) in [5.41, 5.74) is -0.339. The number of carboxylic acid groups (broad SMARTS) is 2. The molecule has 2 rings (SSSR count). The molecular formula is C12H10CaN2O5. The molecule has 0 atom stereocenters. The van der Waals surface area contributed by atoms with Crippen LogP contribution in [0.25, 0.3) is 0 Å². The normalized spacial score (nSPS) is 8.00. The number of H-pyrrole nitrogens is 1. The zero-order valence-corrected chi connectivity index (χ0v) is 12.6. The maximum atomic E-state index is 10.3. The van der Waals surface area contributed by atoms with E-state index in [9.17, 15) is 19.8 Å². The van der Waals surface area contributed by atoms with Crippen LogP contribution in [0.1, 0.15) is 20.7 Å². The molecule has 0 fully saturated rings. The Morgan fingerprint density at radius 2 is 1.45 bits per heavy atom. The van der Waals surface area contributed by atoms with Crippen molar-refractivity contribution in [3.8, 4) is 0 Å². The molecule has 0 radical (unpaired) electrons. The molecule has 0 saturated carbocycles. The predicted octanol–water partition coefficient (Wildman–Crippen LogP) is -2.25. The Bertz CT molecular complexity index is 480. The van der Waals surface area contributed by atoms with E-state index >= 15 is 0 Å². The van der Waals surface area contributed by atoms with Gasteiger partial charge in [0, 0.05) is 0 Å². The summed E-state index contributed by atoms with van der Waals surface area (Å²) in [5.74, 6) is -2.81. The number of aromatic carboxylic acids is 2. The summed E-state index contributed by atoms with van der Waals surface area (Å²) >= 11 is 0. The second-order valence-electron chi connectivity index (χ2n) is 3.10. The van der Waals surface area contributed by atoms with E-state index in [-0.39, 0.29) is 54.3 Å². The van der Waals surface area contributed by atoms with Crippen LogP contribution in [0, 0.1) is 0 Å². The van der Waals surface area contributed by atoms with Gasteiger partial charge in [-0.25, -0.2) is 4.98 Å². The van der Waals surface area contributed by atoms with E-state index in [1.165, 1.54) is 18.2 Å². The molecule has 2 aromatic rings. The van der Waals surface area contributed by atoms with E-state index in [0.29, 0.717) is 0 Å². The number of benzene rings is 1. The molecular weight excluding hydrogens is 292 g/mol. The van der Waals surface area contributed by atoms with Crippen LogP contribution < -0.4 is 15.2 Å². The Hall–Kier alpha value is -1.54. The van der Waals surface area contributed by atoms with Crippen LogP contribution in [0.4, 0.5) is 0 Å². The van der Waals surface area contributed by atoms with Crippen LogP contribution in [0.5, 0.6) is 0 Å². The third-order valence-electron chi connectivity index (χ3n) is 1.85. The summed E-state index contributed by atoms with van der Waals surface area (Å²) in [6, 6.07) is 4.81. The fraction of sp³-hybridized carbons (Fsp3) is 0. The minimum atomic E-state index is -1.40. The maximum absolute atomic E-state index is 10.3. The molecule has 1 heterocycles. The molecule has 0 aliphatic carbocycles. The number of carbonyl (C=O) groups is 2. The Morgan fingerprint density at radius 3 is 1.70 bits per heavy atom. The molecule has 0 saturated heterocycles. The van der Waals surface area contributed by atoms with Gasteiger partial charge in [0.1, 0.15) is 0 Å². The third-order valence-corrected chi connectivity index (χ3v) is 1.85. The van der Waals surface area contributed by atoms with E-state index in [4.69, 9.17) is 0 Å². The number of rotatable bonds is 2. The standard InChI is InChI=1S/C8H6O4.C4H4N2.Ca.H2O/c9-7(10)5-2-1-3-6(4-5)8(11)12;1-2-6-4-3-5-1;;/h1-4H,(H,9,10)(H,11,12);1-4H;;1H2/q;;+2;/p-2. The van der Waals surface area contributed by atoms with Crippen LogP contribution in [0.2, 0.25) is 0 Å². The van der Waals surface area contributed by atoms with Crippen LogP contribution >= 0.6 is 0 Å². The zero-order chi connectivity index (χ0) is 13.4. The van der Waals surface area contributed by atoms with Gasteiger partial charge in [-0.05, 0) is 17.2 Å². The van der Waals surface area contributed by atoms with Crippen LogP contribution in [-0.4, -0.2) is 60.1 Å². The smallest absolute Gasteiger partial charge is 0.870 e. The molecule has 0 unspecified atom stereocenters. The number of aromatic amines is 1. The van der Waals surface area contributed by atoms with Crippen molar-refractivity contribution in [3.05, 3.63) is 60.2 Å². The molecule has 1 aromatic heterocycles. The molecule has 100 valence electrons. The second-order valence-corrected chi connectivity index (χ2v) is 3.10. The summed E-state index contributed by atoms with van der Waals surface area (Å²) in [5, 5.41) is 20.5. The Balaban J connectivity index is 0. The first-order valence-electron chi connectivity index (χ1n) is 4.90. The van der Waals surface area contributed by atoms with E-state index in [0.717, 1.165) is 6.07 Å². The monoisotopic (exact) mass is 302 g/mol. The number of carboxylic acids is 2. The van der Waals surface area contributed by atoms with Gasteiger partial charge in [-0.15, -0.1) is 0 Å². The quantitative estimate of drug-likeness (QED) is 0.574. The third kappa shape index (κ3) is 7.80. The average Bonchev–Trinajstić information content (AvgIpc) is 2.41. The molecule has 20 heavy (non-hydrogen) atoms. The first kappa shape index (κ1) is 20.8. The first-order chi connectivity index (χ1) is 8.61. The average molecular weight is 302 g/mol. The first-order valence-corrected chi connectivity index (χ1v) is 4.90. The molecule has 0 aliphatic heterocycles. The number of nitrogens with one attached hydrogen (secondary N) is 1. The fourth-order valence-corrected chi connectivity index (χ4v) is 1.05. The Morgan fingerprint density at radius 1 is 1.00 bits per heavy atom. The van der Waals surface area contributed by atoms with Gasteiger partial charge in [-0.1, -0.05) is 18.2 Å². The summed E-state index contributed by atoms with van der Waals surface area (Å²) in [4.78, 5) is 27.1. The van der Waals surface area contributed by atoms with E-state index < -0.39 is 11.9 Å². The van der Waals surface area contributed by atoms with Gasteiger partial charge in [0.2, 0.25) is 0 Å². The van der Waals surface area contributed by atoms with E-state index in [1.54, 1.807) is 24.8 Å². The molecule has 2 N–H and O–H groups in total. The van der Waals surface area contributed by atoms with Crippen LogP contribution in [0.15, 0.2) is 49.1 Å². The number of hydrogen-bond donors (Lipinski definition) is 0. The summed E-state index contributed by atoms with van der Waals surface area (Å²) in [7, 11) is 0. The molecule has 0 bridgehead atoms. The van der Waals surface area contributed by atoms with Crippen LogP contribution in [0.3, 0.4) is 0 Å². The van der Waals surface area contributed by atoms with Crippen molar-refractivity contribution in [2.45, 2.75) is 0 Å². The van der Waals surface area contributed by atoms with Gasteiger partial charge in [0.05, 0.1) is 24.3 Å². The van der Waals surface area contributed by atoms with Gasteiger partial charge in [0.25, 0.3) is 0 Å². The van der Waals surface area contributed by atoms with Gasteiger partial charge >= 0.3 is 37.7 Å². The van der Waals surface area contributed by atoms with Crippen molar-refractivity contribution in [1.29, 1.82) is 0 Å². The molecule has 8 heteroatoms. The van der Waals surface area contributed by atoms with E-state index in [1.807, 2.05) is 0 Å². The number of carbonyl (C=O) groups excluding carboxylic acids is 2. The van der Waals surface area contributed by atoms with Crippen LogP contribution in [-0.2, 0) is 0 Å². The van der Waals surface area contributed by atoms with Crippen molar-refractivity contribution in [2.75, 3.05) is 0 Å². The van der Waals surface area contributed by atoms with Crippen molar-refractivity contribution in [1.82, 2.24) is 4.98 Å². The number of hydrogen-bond acceptors (Lipinski definition) is 6. The van der Waals surface area contributed by atoms with Crippen molar-refractivity contribution in [3.63, 3.8) is 0 Å². The van der Waals surface area contributed by atoms with Crippen molar-refractivity contribution in [2.24, 2.45) is 0 Å². The number of aromatic nitrogens is 2. The topological polar surface area (TPSA) is 137 Å². The maximum Gasteiger partial charge on any atom is 2.00 e. The minimum Gasteiger partial charge on any atom is -0.870 e. The summed E-state index contributed by atoms with van der Waals surface area (Å²) in [6.07, 6.45) is 6.92. The predicted molar refractivity (Wildman–Crippen MR) is 63.6 cm³/mol. The molecule has 7 nitrogen and oxygen atoms in total. The Kier molecular flexibility index (Phi) is 11.7. The Labute approximate surface area is 144 Å². The van der Waals surface area contributed by atoms with Gasteiger partial charge in [-0.2, -0.15) is 0 Å². The van der Waals surface area contributed by atoms with E-state index in [2.05, 4.69) is 9.97 Å². The summed E-state index contributed by atoms with van der Waals surface area (Å²) in [6.45, 7) is 0. The van der Waals surface area contributed by atoms with Gasteiger partial charge in [0.15, 0.2) is 12.4 Å². The number of nitrogens with zero attached hydrogens (tertiary/aromatic N) is 1. The molecule has 0 aliphatic rings. The van der Waals surface area contributed by atoms with Gasteiger partial charge < -0.3 is 25.3 Å². The molecule has 0 spiro atoms. The van der Waals surface area contributed by atoms with Crippen molar-refractivity contribution >= 4 is 49.7 Å². The molecule has 0 amide bonds.